The van der Waals surface area contributed by atoms with Crippen molar-refractivity contribution >= 4 is 28.5 Å². The molecule has 0 saturated heterocycles. The number of amides is 1. The fourth-order valence-electron chi connectivity index (χ4n) is 2.46. The van der Waals surface area contributed by atoms with Crippen LogP contribution < -0.4 is 10.9 Å². The zero-order chi connectivity index (χ0) is 17.1. The summed E-state index contributed by atoms with van der Waals surface area (Å²) in [6.07, 6.45) is 0. The second kappa shape index (κ2) is 6.37. The smallest absolute Gasteiger partial charge is 0.339 e. The quantitative estimate of drug-likeness (QED) is 0.725. The number of aromatic nitrogens is 1. The molecular formula is C18H14N2O4. The molecule has 1 aromatic heterocycles. The van der Waals surface area contributed by atoms with Crippen LogP contribution in [0.25, 0.3) is 10.9 Å². The molecule has 2 aromatic carbocycles. The number of nitrogens with one attached hydrogen (secondary N) is 2. The Morgan fingerprint density at radius 3 is 2.50 bits per heavy atom. The minimum absolute atomic E-state index is 0.231. The van der Waals surface area contributed by atoms with Gasteiger partial charge in [0.25, 0.3) is 5.91 Å². The fraction of sp³-hybridized carbons (Fsp3) is 0.0556. The second-order valence-corrected chi connectivity index (χ2v) is 5.08. The summed E-state index contributed by atoms with van der Waals surface area (Å²) in [6, 6.07) is 14.8. The van der Waals surface area contributed by atoms with Crippen LogP contribution in [0, 0.1) is 0 Å². The van der Waals surface area contributed by atoms with Crippen LogP contribution in [0.1, 0.15) is 20.7 Å². The van der Waals surface area contributed by atoms with E-state index in [1.165, 1.54) is 13.2 Å². The van der Waals surface area contributed by atoms with E-state index in [1.807, 2.05) is 0 Å². The largest absolute Gasteiger partial charge is 0.465 e. The molecule has 0 saturated carbocycles. The molecule has 0 aliphatic carbocycles. The first kappa shape index (κ1) is 15.5. The third-order valence-corrected chi connectivity index (χ3v) is 3.58. The highest BCUT2D eigenvalue weighted by Crippen LogP contribution is 2.20. The number of aromatic amines is 1. The van der Waals surface area contributed by atoms with Crippen molar-refractivity contribution < 1.29 is 14.3 Å². The Morgan fingerprint density at radius 2 is 1.71 bits per heavy atom. The summed E-state index contributed by atoms with van der Waals surface area (Å²) in [6.45, 7) is 0. The Morgan fingerprint density at radius 1 is 1.00 bits per heavy atom. The van der Waals surface area contributed by atoms with Gasteiger partial charge in [-0.3, -0.25) is 9.59 Å². The Kier molecular flexibility index (Phi) is 4.11. The average Bonchev–Trinajstić information content (AvgIpc) is 2.60. The van der Waals surface area contributed by atoms with Gasteiger partial charge in [-0.05, 0) is 18.2 Å². The van der Waals surface area contributed by atoms with Gasteiger partial charge in [0.1, 0.15) is 0 Å². The van der Waals surface area contributed by atoms with E-state index in [0.717, 1.165) is 0 Å². The summed E-state index contributed by atoms with van der Waals surface area (Å²) in [5.41, 5.74) is 0.978. The van der Waals surface area contributed by atoms with Crippen LogP contribution in [0.4, 0.5) is 5.69 Å². The molecule has 6 heteroatoms. The molecule has 120 valence electrons. The van der Waals surface area contributed by atoms with Gasteiger partial charge in [0, 0.05) is 17.0 Å². The SMILES string of the molecule is COC(=O)c1ccccc1NC(=O)c1cc(=O)[nH]c2ccccc12. The first-order chi connectivity index (χ1) is 11.6. The maximum atomic E-state index is 12.6. The number of carbonyl (C=O) groups excluding carboxylic acids is 2. The number of ether oxygens (including phenoxy) is 1. The first-order valence-electron chi connectivity index (χ1n) is 7.21. The number of benzene rings is 2. The Labute approximate surface area is 137 Å². The molecule has 0 unspecified atom stereocenters. The third-order valence-electron chi connectivity index (χ3n) is 3.58. The molecule has 0 aliphatic rings. The van der Waals surface area contributed by atoms with Crippen LogP contribution in [-0.2, 0) is 4.74 Å². The number of rotatable bonds is 3. The molecular weight excluding hydrogens is 308 g/mol. The molecule has 0 radical (unpaired) electrons. The molecule has 0 aliphatic heterocycles. The molecule has 1 heterocycles. The summed E-state index contributed by atoms with van der Waals surface area (Å²) in [5, 5.41) is 3.28. The lowest BCUT2D eigenvalue weighted by Crippen LogP contribution is -2.18. The standard InChI is InChI=1S/C18H14N2O4/c1-24-18(23)12-7-3-5-9-15(12)20-17(22)13-10-16(21)19-14-8-4-2-6-11(13)14/h2-10H,1H3,(H,19,21)(H,20,22). The first-order valence-corrected chi connectivity index (χ1v) is 7.21. The predicted octanol–water partition coefficient (Wildman–Crippen LogP) is 2.57. The maximum Gasteiger partial charge on any atom is 0.339 e. The summed E-state index contributed by atoms with van der Waals surface area (Å²) >= 11 is 0. The van der Waals surface area contributed by atoms with Gasteiger partial charge in [-0.1, -0.05) is 30.3 Å². The number of carbonyl (C=O) groups is 2. The predicted molar refractivity (Wildman–Crippen MR) is 90.3 cm³/mol. The van der Waals surface area contributed by atoms with Gasteiger partial charge in [0.05, 0.1) is 23.9 Å². The Balaban J connectivity index is 2.03. The molecule has 24 heavy (non-hydrogen) atoms. The second-order valence-electron chi connectivity index (χ2n) is 5.08. The number of para-hydroxylation sites is 2. The van der Waals surface area contributed by atoms with Gasteiger partial charge in [-0.2, -0.15) is 0 Å². The highest BCUT2D eigenvalue weighted by molar-refractivity contribution is 6.13. The minimum Gasteiger partial charge on any atom is -0.465 e. The van der Waals surface area contributed by atoms with Crippen LogP contribution in [-0.4, -0.2) is 24.0 Å². The topological polar surface area (TPSA) is 88.3 Å². The molecule has 2 N–H and O–H groups in total. The van der Waals surface area contributed by atoms with E-state index >= 15 is 0 Å². The van der Waals surface area contributed by atoms with Crippen molar-refractivity contribution in [1.29, 1.82) is 0 Å². The molecule has 0 atom stereocenters. The molecule has 3 rings (SSSR count). The van der Waals surface area contributed by atoms with Crippen LogP contribution in [0.3, 0.4) is 0 Å². The molecule has 0 spiro atoms. The molecule has 0 bridgehead atoms. The minimum atomic E-state index is -0.554. The van der Waals surface area contributed by atoms with E-state index in [-0.39, 0.29) is 16.7 Å². The van der Waals surface area contributed by atoms with Gasteiger partial charge in [0.15, 0.2) is 0 Å². The van der Waals surface area contributed by atoms with Crippen molar-refractivity contribution in [2.75, 3.05) is 12.4 Å². The van der Waals surface area contributed by atoms with Crippen LogP contribution in [0.2, 0.25) is 0 Å². The lowest BCUT2D eigenvalue weighted by molar-refractivity contribution is 0.0602. The van der Waals surface area contributed by atoms with Crippen molar-refractivity contribution in [1.82, 2.24) is 4.98 Å². The summed E-state index contributed by atoms with van der Waals surface area (Å²) in [7, 11) is 1.27. The highest BCUT2D eigenvalue weighted by atomic mass is 16.5. The summed E-state index contributed by atoms with van der Waals surface area (Å²) < 4.78 is 4.71. The van der Waals surface area contributed by atoms with Gasteiger partial charge >= 0.3 is 5.97 Å². The van der Waals surface area contributed by atoms with Crippen molar-refractivity contribution in [2.45, 2.75) is 0 Å². The number of hydrogen-bond donors (Lipinski definition) is 2. The zero-order valence-corrected chi connectivity index (χ0v) is 12.8. The van der Waals surface area contributed by atoms with Crippen LogP contribution in [0.5, 0.6) is 0 Å². The van der Waals surface area contributed by atoms with Crippen molar-refractivity contribution in [2.24, 2.45) is 0 Å². The van der Waals surface area contributed by atoms with E-state index in [2.05, 4.69) is 10.3 Å². The summed E-state index contributed by atoms with van der Waals surface area (Å²) in [5.74, 6) is -1.03. The number of H-pyrrole nitrogens is 1. The fourth-order valence-corrected chi connectivity index (χ4v) is 2.46. The summed E-state index contributed by atoms with van der Waals surface area (Å²) in [4.78, 5) is 38.9. The molecule has 1 amide bonds. The van der Waals surface area contributed by atoms with Crippen molar-refractivity contribution in [3.63, 3.8) is 0 Å². The molecule has 3 aromatic rings. The number of pyridine rings is 1. The third kappa shape index (κ3) is 2.89. The van der Waals surface area contributed by atoms with Gasteiger partial charge in [0.2, 0.25) is 5.56 Å². The van der Waals surface area contributed by atoms with E-state index in [0.29, 0.717) is 16.6 Å². The monoisotopic (exact) mass is 322 g/mol. The van der Waals surface area contributed by atoms with Crippen LogP contribution >= 0.6 is 0 Å². The number of esters is 1. The molecule has 0 fully saturated rings. The van der Waals surface area contributed by atoms with Gasteiger partial charge in [-0.15, -0.1) is 0 Å². The Bertz CT molecular complexity index is 991. The number of anilines is 1. The Hall–Kier alpha value is -3.41. The zero-order valence-electron chi connectivity index (χ0n) is 12.8. The lowest BCUT2D eigenvalue weighted by Gasteiger charge is -2.11. The normalized spacial score (nSPS) is 10.4. The van der Waals surface area contributed by atoms with Crippen molar-refractivity contribution in [3.8, 4) is 0 Å². The van der Waals surface area contributed by atoms with Gasteiger partial charge < -0.3 is 15.0 Å². The molecule has 6 nitrogen and oxygen atoms in total. The van der Waals surface area contributed by atoms with Gasteiger partial charge in [-0.25, -0.2) is 4.79 Å². The number of hydrogen-bond acceptors (Lipinski definition) is 4. The van der Waals surface area contributed by atoms with E-state index in [4.69, 9.17) is 4.74 Å². The van der Waals surface area contributed by atoms with Crippen LogP contribution in [0.15, 0.2) is 59.4 Å². The average molecular weight is 322 g/mol. The van der Waals surface area contributed by atoms with E-state index in [9.17, 15) is 14.4 Å². The lowest BCUT2D eigenvalue weighted by atomic mass is 10.1. The van der Waals surface area contributed by atoms with E-state index < -0.39 is 11.9 Å². The number of fused-ring (bicyclic) bond motifs is 1. The maximum absolute atomic E-state index is 12.6. The van der Waals surface area contributed by atoms with E-state index in [1.54, 1.807) is 48.5 Å². The van der Waals surface area contributed by atoms with Crippen molar-refractivity contribution in [3.05, 3.63) is 76.1 Å². The highest BCUT2D eigenvalue weighted by Gasteiger charge is 2.16. The number of methoxy groups -OCH3 is 1.